The zero-order valence-electron chi connectivity index (χ0n) is 10.9. The van der Waals surface area contributed by atoms with Crippen molar-refractivity contribution in [2.75, 3.05) is 45.9 Å². The molecular formula is C13H25N3O. The van der Waals surface area contributed by atoms with Gasteiger partial charge in [0.15, 0.2) is 0 Å². The fourth-order valence-electron chi connectivity index (χ4n) is 3.37. The maximum absolute atomic E-state index is 5.62. The second kappa shape index (κ2) is 5.22. The highest BCUT2D eigenvalue weighted by Crippen LogP contribution is 2.25. The highest BCUT2D eigenvalue weighted by molar-refractivity contribution is 4.94. The largest absolute Gasteiger partial charge is 0.378 e. The Morgan fingerprint density at radius 1 is 1.06 bits per heavy atom. The molecule has 2 atom stereocenters. The van der Waals surface area contributed by atoms with E-state index >= 15 is 0 Å². The van der Waals surface area contributed by atoms with Crippen LogP contribution in [0.5, 0.6) is 0 Å². The third-order valence-corrected chi connectivity index (χ3v) is 4.53. The van der Waals surface area contributed by atoms with Crippen LogP contribution in [0.2, 0.25) is 0 Å². The molecular weight excluding hydrogens is 214 g/mol. The number of likely N-dealkylation sites (tertiary alicyclic amines) is 1. The van der Waals surface area contributed by atoms with E-state index in [9.17, 15) is 0 Å². The van der Waals surface area contributed by atoms with E-state index in [0.29, 0.717) is 6.10 Å². The lowest BCUT2D eigenvalue weighted by Crippen LogP contribution is -2.65. The van der Waals surface area contributed by atoms with Gasteiger partial charge in [0.05, 0.1) is 6.10 Å². The van der Waals surface area contributed by atoms with Crippen molar-refractivity contribution >= 4 is 0 Å². The molecule has 0 aromatic heterocycles. The summed E-state index contributed by atoms with van der Waals surface area (Å²) in [6.45, 7) is 10.6. The summed E-state index contributed by atoms with van der Waals surface area (Å²) in [7, 11) is 0. The molecule has 0 saturated carbocycles. The van der Waals surface area contributed by atoms with Gasteiger partial charge in [-0.3, -0.25) is 9.80 Å². The molecule has 3 aliphatic heterocycles. The lowest BCUT2D eigenvalue weighted by atomic mass is 9.96. The van der Waals surface area contributed by atoms with E-state index in [-0.39, 0.29) is 0 Å². The van der Waals surface area contributed by atoms with Crippen LogP contribution in [-0.4, -0.2) is 73.9 Å². The van der Waals surface area contributed by atoms with Crippen molar-refractivity contribution < 1.29 is 4.74 Å². The van der Waals surface area contributed by atoms with Crippen LogP contribution in [-0.2, 0) is 4.74 Å². The molecule has 0 radical (unpaired) electrons. The molecule has 1 N–H and O–H groups in total. The quantitative estimate of drug-likeness (QED) is 0.742. The van der Waals surface area contributed by atoms with Gasteiger partial charge >= 0.3 is 0 Å². The number of hydrogen-bond acceptors (Lipinski definition) is 4. The van der Waals surface area contributed by atoms with E-state index in [1.54, 1.807) is 0 Å². The fourth-order valence-corrected chi connectivity index (χ4v) is 3.37. The Kier molecular flexibility index (Phi) is 3.66. The molecule has 4 nitrogen and oxygen atoms in total. The van der Waals surface area contributed by atoms with E-state index in [1.165, 1.54) is 52.1 Å². The molecule has 0 aliphatic carbocycles. The summed E-state index contributed by atoms with van der Waals surface area (Å²) in [4.78, 5) is 5.33. The van der Waals surface area contributed by atoms with Gasteiger partial charge in [0.25, 0.3) is 0 Å². The second-order valence-corrected chi connectivity index (χ2v) is 5.75. The molecule has 98 valence electrons. The van der Waals surface area contributed by atoms with Gasteiger partial charge in [-0.15, -0.1) is 0 Å². The van der Waals surface area contributed by atoms with Crippen LogP contribution in [0.1, 0.15) is 19.8 Å². The van der Waals surface area contributed by atoms with Crippen LogP contribution in [0.3, 0.4) is 0 Å². The Labute approximate surface area is 104 Å². The summed E-state index contributed by atoms with van der Waals surface area (Å²) >= 11 is 0. The molecule has 0 aromatic carbocycles. The highest BCUT2D eigenvalue weighted by Gasteiger charge is 2.37. The van der Waals surface area contributed by atoms with Gasteiger partial charge in [-0.25, -0.2) is 0 Å². The Hall–Kier alpha value is -0.160. The first kappa shape index (κ1) is 11.9. The minimum atomic E-state index is 0.465. The second-order valence-electron chi connectivity index (χ2n) is 5.75. The van der Waals surface area contributed by atoms with Gasteiger partial charge < -0.3 is 10.1 Å². The van der Waals surface area contributed by atoms with Gasteiger partial charge in [0, 0.05) is 58.0 Å². The molecule has 3 rings (SSSR count). The van der Waals surface area contributed by atoms with Crippen LogP contribution in [0.15, 0.2) is 0 Å². The number of ether oxygens (including phenoxy) is 1. The Morgan fingerprint density at radius 2 is 1.82 bits per heavy atom. The first-order valence-corrected chi connectivity index (χ1v) is 7.13. The van der Waals surface area contributed by atoms with Crippen molar-refractivity contribution in [3.63, 3.8) is 0 Å². The summed E-state index contributed by atoms with van der Waals surface area (Å²) in [6.07, 6.45) is 2.93. The van der Waals surface area contributed by atoms with Crippen molar-refractivity contribution in [2.24, 2.45) is 0 Å². The van der Waals surface area contributed by atoms with Crippen LogP contribution >= 0.6 is 0 Å². The summed E-state index contributed by atoms with van der Waals surface area (Å²) in [6, 6.07) is 1.62. The minimum absolute atomic E-state index is 0.465. The SMILES string of the molecule is CC1CC(N2CC(N3CCNCC3)C2)CCO1. The standard InChI is InChI=1S/C13H25N3O/c1-11-8-12(2-7-17-11)16-9-13(10-16)15-5-3-14-4-6-15/h11-14H,2-10H2,1H3. The van der Waals surface area contributed by atoms with E-state index in [0.717, 1.165) is 18.7 Å². The highest BCUT2D eigenvalue weighted by atomic mass is 16.5. The molecule has 0 aromatic rings. The first-order valence-electron chi connectivity index (χ1n) is 7.13. The Balaban J connectivity index is 1.44. The van der Waals surface area contributed by atoms with Gasteiger partial charge in [0.2, 0.25) is 0 Å². The maximum Gasteiger partial charge on any atom is 0.0561 e. The fraction of sp³-hybridized carbons (Fsp3) is 1.00. The minimum Gasteiger partial charge on any atom is -0.378 e. The lowest BCUT2D eigenvalue weighted by molar-refractivity contribution is -0.0617. The average molecular weight is 239 g/mol. The molecule has 0 bridgehead atoms. The number of rotatable bonds is 2. The van der Waals surface area contributed by atoms with Crippen LogP contribution < -0.4 is 5.32 Å². The summed E-state index contributed by atoms with van der Waals surface area (Å²) in [5.74, 6) is 0. The zero-order chi connectivity index (χ0) is 11.7. The van der Waals surface area contributed by atoms with Crippen molar-refractivity contribution in [1.82, 2.24) is 15.1 Å². The Bertz CT molecular complexity index is 249. The molecule has 3 aliphatic rings. The van der Waals surface area contributed by atoms with E-state index in [4.69, 9.17) is 4.74 Å². The number of piperazine rings is 1. The molecule has 3 fully saturated rings. The monoisotopic (exact) mass is 239 g/mol. The van der Waals surface area contributed by atoms with Crippen LogP contribution in [0.25, 0.3) is 0 Å². The molecule has 3 saturated heterocycles. The number of nitrogens with one attached hydrogen (secondary N) is 1. The van der Waals surface area contributed by atoms with Crippen LogP contribution in [0.4, 0.5) is 0 Å². The normalized spacial score (nSPS) is 37.9. The van der Waals surface area contributed by atoms with E-state index in [1.807, 2.05) is 0 Å². The maximum atomic E-state index is 5.62. The number of hydrogen-bond donors (Lipinski definition) is 1. The summed E-state index contributed by atoms with van der Waals surface area (Å²) < 4.78 is 5.62. The molecule has 3 heterocycles. The van der Waals surface area contributed by atoms with Crippen LogP contribution in [0, 0.1) is 0 Å². The van der Waals surface area contributed by atoms with Gasteiger partial charge in [-0.2, -0.15) is 0 Å². The summed E-state index contributed by atoms with van der Waals surface area (Å²) in [5, 5.41) is 3.43. The van der Waals surface area contributed by atoms with E-state index in [2.05, 4.69) is 22.0 Å². The van der Waals surface area contributed by atoms with Gasteiger partial charge in [-0.1, -0.05) is 0 Å². The predicted molar refractivity (Wildman–Crippen MR) is 68.2 cm³/mol. The third-order valence-electron chi connectivity index (χ3n) is 4.53. The predicted octanol–water partition coefficient (Wildman–Crippen LogP) is 0.143. The van der Waals surface area contributed by atoms with Crippen molar-refractivity contribution in [1.29, 1.82) is 0 Å². The Morgan fingerprint density at radius 3 is 2.53 bits per heavy atom. The topological polar surface area (TPSA) is 27.7 Å². The zero-order valence-corrected chi connectivity index (χ0v) is 10.9. The average Bonchev–Trinajstić information content (AvgIpc) is 2.28. The number of nitrogens with zero attached hydrogens (tertiary/aromatic N) is 2. The van der Waals surface area contributed by atoms with Crippen molar-refractivity contribution in [3.8, 4) is 0 Å². The molecule has 2 unspecified atom stereocenters. The molecule has 4 heteroatoms. The molecule has 17 heavy (non-hydrogen) atoms. The first-order chi connectivity index (χ1) is 8.33. The summed E-state index contributed by atoms with van der Waals surface area (Å²) in [5.41, 5.74) is 0. The lowest BCUT2D eigenvalue weighted by Gasteiger charge is -2.51. The van der Waals surface area contributed by atoms with E-state index < -0.39 is 0 Å². The third kappa shape index (κ3) is 2.65. The molecule has 0 spiro atoms. The van der Waals surface area contributed by atoms with Crippen molar-refractivity contribution in [3.05, 3.63) is 0 Å². The van der Waals surface area contributed by atoms with Gasteiger partial charge in [-0.05, 0) is 19.8 Å². The smallest absolute Gasteiger partial charge is 0.0561 e. The molecule has 0 amide bonds. The van der Waals surface area contributed by atoms with Crippen molar-refractivity contribution in [2.45, 2.75) is 38.0 Å². The van der Waals surface area contributed by atoms with Gasteiger partial charge in [0.1, 0.15) is 0 Å².